The molecule has 1 aliphatic carbocycles. The summed E-state index contributed by atoms with van der Waals surface area (Å²) in [6.07, 6.45) is 7.51. The van der Waals surface area contributed by atoms with Crippen molar-refractivity contribution >= 4 is 23.5 Å². The van der Waals surface area contributed by atoms with E-state index in [1.807, 2.05) is 25.1 Å². The SMILES string of the molecule is Cc1cc(NC2C=C(F)C(Sc3ccncc3)=CC2)nc(N)n1. The average Bonchev–Trinajstić information content (AvgIpc) is 2.50. The highest BCUT2D eigenvalue weighted by Gasteiger charge is 2.17. The topological polar surface area (TPSA) is 76.7 Å². The Balaban J connectivity index is 1.67. The molecule has 0 fully saturated rings. The second kappa shape index (κ2) is 6.78. The van der Waals surface area contributed by atoms with Gasteiger partial charge in [0.05, 0.1) is 6.04 Å². The molecule has 7 heteroatoms. The molecule has 118 valence electrons. The molecule has 0 aromatic carbocycles. The monoisotopic (exact) mass is 329 g/mol. The number of nitrogens with two attached hydrogens (primary N) is 1. The molecule has 1 unspecified atom stereocenters. The first-order valence-electron chi connectivity index (χ1n) is 7.13. The molecule has 0 aliphatic heterocycles. The van der Waals surface area contributed by atoms with Crippen molar-refractivity contribution in [2.75, 3.05) is 11.1 Å². The van der Waals surface area contributed by atoms with E-state index < -0.39 is 0 Å². The van der Waals surface area contributed by atoms with Gasteiger partial charge in [0.15, 0.2) is 0 Å². The number of rotatable bonds is 4. The van der Waals surface area contributed by atoms with Gasteiger partial charge in [-0.2, -0.15) is 4.98 Å². The standard InChI is InChI=1S/C16H16FN5S/c1-10-8-15(22-16(18)20-10)21-11-2-3-14(13(17)9-11)23-12-4-6-19-7-5-12/h3-9,11H,2H2,1H3,(H3,18,20,21,22). The summed E-state index contributed by atoms with van der Waals surface area (Å²) in [7, 11) is 0. The van der Waals surface area contributed by atoms with Gasteiger partial charge in [-0.1, -0.05) is 17.8 Å². The Kier molecular flexibility index (Phi) is 4.57. The van der Waals surface area contributed by atoms with Crippen LogP contribution in [0.1, 0.15) is 12.1 Å². The molecule has 0 saturated heterocycles. The minimum absolute atomic E-state index is 0.162. The number of halogens is 1. The number of aryl methyl sites for hydroxylation is 1. The lowest BCUT2D eigenvalue weighted by Gasteiger charge is -2.19. The summed E-state index contributed by atoms with van der Waals surface area (Å²) in [6.45, 7) is 1.84. The van der Waals surface area contributed by atoms with Crippen LogP contribution in [0.4, 0.5) is 16.2 Å². The molecule has 2 aromatic heterocycles. The van der Waals surface area contributed by atoms with E-state index in [1.54, 1.807) is 24.5 Å². The van der Waals surface area contributed by atoms with Crippen LogP contribution in [0.5, 0.6) is 0 Å². The highest BCUT2D eigenvalue weighted by atomic mass is 32.2. The maximum Gasteiger partial charge on any atom is 0.222 e. The maximum absolute atomic E-state index is 14.3. The third-order valence-electron chi connectivity index (χ3n) is 3.22. The Bertz CT molecular complexity index is 740. The molecule has 23 heavy (non-hydrogen) atoms. The number of nitrogens with one attached hydrogen (secondary N) is 1. The van der Waals surface area contributed by atoms with Crippen molar-refractivity contribution in [3.63, 3.8) is 0 Å². The number of thioether (sulfide) groups is 1. The van der Waals surface area contributed by atoms with E-state index in [1.165, 1.54) is 11.8 Å². The fraction of sp³-hybridized carbons (Fsp3) is 0.188. The highest BCUT2D eigenvalue weighted by Crippen LogP contribution is 2.35. The molecule has 1 atom stereocenters. The highest BCUT2D eigenvalue weighted by molar-refractivity contribution is 8.03. The van der Waals surface area contributed by atoms with Gasteiger partial charge in [-0.15, -0.1) is 0 Å². The van der Waals surface area contributed by atoms with Gasteiger partial charge in [0.25, 0.3) is 0 Å². The van der Waals surface area contributed by atoms with Crippen molar-refractivity contribution in [3.8, 4) is 0 Å². The van der Waals surface area contributed by atoms with Crippen LogP contribution in [0.3, 0.4) is 0 Å². The van der Waals surface area contributed by atoms with Crippen LogP contribution in [0, 0.1) is 6.92 Å². The number of anilines is 2. The summed E-state index contributed by atoms with van der Waals surface area (Å²) in [6, 6.07) is 5.34. The minimum Gasteiger partial charge on any atom is -0.368 e. The number of aromatic nitrogens is 3. The Morgan fingerprint density at radius 1 is 1.30 bits per heavy atom. The molecule has 0 radical (unpaired) electrons. The first-order chi connectivity index (χ1) is 11.1. The molecule has 0 amide bonds. The Morgan fingerprint density at radius 3 is 2.78 bits per heavy atom. The van der Waals surface area contributed by atoms with Gasteiger partial charge < -0.3 is 11.1 Å². The van der Waals surface area contributed by atoms with Gasteiger partial charge in [-0.05, 0) is 31.6 Å². The number of hydrogen-bond donors (Lipinski definition) is 2. The van der Waals surface area contributed by atoms with Crippen molar-refractivity contribution in [3.05, 3.63) is 59.2 Å². The molecule has 5 nitrogen and oxygen atoms in total. The van der Waals surface area contributed by atoms with E-state index in [0.717, 1.165) is 10.6 Å². The third kappa shape index (κ3) is 4.07. The minimum atomic E-state index is -0.241. The normalized spacial score (nSPS) is 17.4. The second-order valence-electron chi connectivity index (χ2n) is 5.11. The van der Waals surface area contributed by atoms with Crippen LogP contribution in [0.25, 0.3) is 0 Å². The van der Waals surface area contributed by atoms with Crippen molar-refractivity contribution < 1.29 is 4.39 Å². The zero-order valence-electron chi connectivity index (χ0n) is 12.5. The maximum atomic E-state index is 14.3. The van der Waals surface area contributed by atoms with Crippen molar-refractivity contribution in [1.29, 1.82) is 0 Å². The summed E-state index contributed by atoms with van der Waals surface area (Å²) < 4.78 is 14.3. The van der Waals surface area contributed by atoms with E-state index in [4.69, 9.17) is 5.73 Å². The molecule has 1 aliphatic rings. The number of pyridine rings is 1. The largest absolute Gasteiger partial charge is 0.368 e. The lowest BCUT2D eigenvalue weighted by molar-refractivity contribution is 0.639. The van der Waals surface area contributed by atoms with Crippen LogP contribution in [0.2, 0.25) is 0 Å². The first-order valence-corrected chi connectivity index (χ1v) is 7.95. The quantitative estimate of drug-likeness (QED) is 0.894. The Hall–Kier alpha value is -2.41. The van der Waals surface area contributed by atoms with Gasteiger partial charge >= 0.3 is 0 Å². The lowest BCUT2D eigenvalue weighted by Crippen LogP contribution is -2.20. The fourth-order valence-electron chi connectivity index (χ4n) is 2.24. The summed E-state index contributed by atoms with van der Waals surface area (Å²) in [4.78, 5) is 13.7. The molecule has 0 spiro atoms. The zero-order valence-corrected chi connectivity index (χ0v) is 13.3. The van der Waals surface area contributed by atoms with Crippen LogP contribution >= 0.6 is 11.8 Å². The molecule has 0 saturated carbocycles. The second-order valence-corrected chi connectivity index (χ2v) is 6.22. The summed E-state index contributed by atoms with van der Waals surface area (Å²) in [5, 5.41) is 3.17. The van der Waals surface area contributed by atoms with E-state index in [0.29, 0.717) is 17.1 Å². The van der Waals surface area contributed by atoms with E-state index >= 15 is 0 Å². The molecule has 3 rings (SSSR count). The van der Waals surface area contributed by atoms with E-state index in [-0.39, 0.29) is 17.8 Å². The molecule has 0 bridgehead atoms. The first kappa shape index (κ1) is 15.5. The molecule has 2 aromatic rings. The molecular weight excluding hydrogens is 313 g/mol. The van der Waals surface area contributed by atoms with Gasteiger partial charge in [-0.3, -0.25) is 4.98 Å². The number of nitrogens with zero attached hydrogens (tertiary/aromatic N) is 3. The smallest absolute Gasteiger partial charge is 0.222 e. The van der Waals surface area contributed by atoms with Gasteiger partial charge in [0.1, 0.15) is 11.6 Å². The van der Waals surface area contributed by atoms with E-state index in [9.17, 15) is 4.39 Å². The lowest BCUT2D eigenvalue weighted by atomic mass is 10.1. The van der Waals surface area contributed by atoms with Crippen LogP contribution < -0.4 is 11.1 Å². The van der Waals surface area contributed by atoms with Crippen LogP contribution in [-0.2, 0) is 0 Å². The third-order valence-corrected chi connectivity index (χ3v) is 4.31. The summed E-state index contributed by atoms with van der Waals surface area (Å²) in [5.74, 6) is 0.564. The molecule has 2 heterocycles. The van der Waals surface area contributed by atoms with Gasteiger partial charge in [0, 0.05) is 34.0 Å². The van der Waals surface area contributed by atoms with E-state index in [2.05, 4.69) is 20.3 Å². The zero-order chi connectivity index (χ0) is 16.2. The van der Waals surface area contributed by atoms with Crippen molar-refractivity contribution in [2.45, 2.75) is 24.3 Å². The van der Waals surface area contributed by atoms with Crippen molar-refractivity contribution in [1.82, 2.24) is 15.0 Å². The summed E-state index contributed by atoms with van der Waals surface area (Å²) in [5.41, 5.74) is 6.40. The fourth-order valence-corrected chi connectivity index (χ4v) is 3.09. The summed E-state index contributed by atoms with van der Waals surface area (Å²) >= 11 is 1.39. The van der Waals surface area contributed by atoms with Gasteiger partial charge in [-0.25, -0.2) is 9.37 Å². The predicted molar refractivity (Wildman–Crippen MR) is 90.6 cm³/mol. The van der Waals surface area contributed by atoms with Gasteiger partial charge in [0.2, 0.25) is 5.95 Å². The van der Waals surface area contributed by atoms with Crippen LogP contribution in [0.15, 0.2) is 58.4 Å². The Labute approximate surface area is 137 Å². The number of allylic oxidation sites excluding steroid dienone is 1. The number of nitrogen functional groups attached to an aromatic ring is 1. The molecule has 3 N–H and O–H groups in total. The van der Waals surface area contributed by atoms with Crippen molar-refractivity contribution in [2.24, 2.45) is 0 Å². The predicted octanol–water partition coefficient (Wildman–Crippen LogP) is 3.48. The Morgan fingerprint density at radius 2 is 2.09 bits per heavy atom. The number of hydrogen-bond acceptors (Lipinski definition) is 6. The van der Waals surface area contributed by atoms with Crippen LogP contribution in [-0.4, -0.2) is 21.0 Å². The average molecular weight is 329 g/mol. The molecular formula is C16H16FN5S.